The molecule has 1 aromatic heterocycles. The molecule has 6 heteroatoms. The number of para-hydroxylation sites is 1. The first-order valence-corrected chi connectivity index (χ1v) is 8.61. The van der Waals surface area contributed by atoms with Crippen LogP contribution >= 0.6 is 0 Å². The molecule has 1 N–H and O–H groups in total. The number of pyridine rings is 1. The van der Waals surface area contributed by atoms with Crippen LogP contribution in [0.5, 0.6) is 0 Å². The van der Waals surface area contributed by atoms with E-state index in [1.54, 1.807) is 13.8 Å². The number of ether oxygens (including phenoxy) is 1. The molecule has 0 bridgehead atoms. The van der Waals surface area contributed by atoms with Crippen LogP contribution in [0.3, 0.4) is 0 Å². The van der Waals surface area contributed by atoms with Crippen molar-refractivity contribution < 1.29 is 14.3 Å². The lowest BCUT2D eigenvalue weighted by molar-refractivity contribution is -0.125. The van der Waals surface area contributed by atoms with E-state index in [-0.39, 0.29) is 5.92 Å². The number of nitrogens with zero attached hydrogens (tertiary/aromatic N) is 2. The fourth-order valence-electron chi connectivity index (χ4n) is 3.24. The second-order valence-corrected chi connectivity index (χ2v) is 6.93. The Morgan fingerprint density at radius 3 is 2.69 bits per heavy atom. The summed E-state index contributed by atoms with van der Waals surface area (Å²) in [6.07, 6.45) is 1.84. The molecule has 1 amide bonds. The third kappa shape index (κ3) is 3.38. The highest BCUT2D eigenvalue weighted by Gasteiger charge is 2.43. The highest BCUT2D eigenvalue weighted by molar-refractivity contribution is 5.99. The first-order valence-electron chi connectivity index (χ1n) is 8.61. The van der Waals surface area contributed by atoms with Crippen LogP contribution in [0.1, 0.15) is 41.4 Å². The molecule has 0 unspecified atom stereocenters. The molecule has 6 nitrogen and oxygen atoms in total. The van der Waals surface area contributed by atoms with E-state index in [0.29, 0.717) is 11.3 Å². The average Bonchev–Trinajstić information content (AvgIpc) is 3.45. The Balaban J connectivity index is 1.72. The van der Waals surface area contributed by atoms with E-state index in [0.717, 1.165) is 29.3 Å². The standard InChI is InChI=1S/C20H21N3O3/c1-12-15-6-4-5-7-16(15)22-13(2)18(12)19(25)26-10-17(24)23-20(3,11-21)14-8-9-14/h4-7,14H,8-10H2,1-3H3,(H,23,24)/t20-/m1/s1. The normalized spacial score (nSPS) is 15.8. The minimum atomic E-state index is -0.903. The van der Waals surface area contributed by atoms with Crippen LogP contribution in [0.25, 0.3) is 10.9 Å². The number of carbonyl (C=O) groups is 2. The number of carbonyl (C=O) groups excluding carboxylic acids is 2. The van der Waals surface area contributed by atoms with Gasteiger partial charge in [0.2, 0.25) is 0 Å². The molecule has 3 rings (SSSR count). The van der Waals surface area contributed by atoms with E-state index in [1.807, 2.05) is 31.2 Å². The zero-order valence-corrected chi connectivity index (χ0v) is 15.1. The number of aryl methyl sites for hydroxylation is 2. The van der Waals surface area contributed by atoms with Crippen LogP contribution in [0.15, 0.2) is 24.3 Å². The topological polar surface area (TPSA) is 92.1 Å². The number of nitriles is 1. The second kappa shape index (κ2) is 6.75. The number of aromatic nitrogens is 1. The number of hydrogen-bond donors (Lipinski definition) is 1. The summed E-state index contributed by atoms with van der Waals surface area (Å²) in [5.41, 5.74) is 1.62. The molecule has 1 atom stereocenters. The van der Waals surface area contributed by atoms with Crippen molar-refractivity contribution in [1.29, 1.82) is 5.26 Å². The highest BCUT2D eigenvalue weighted by Crippen LogP contribution is 2.39. The molecular formula is C20H21N3O3. The SMILES string of the molecule is Cc1nc2ccccc2c(C)c1C(=O)OCC(=O)N[C@](C)(C#N)C1CC1. The molecule has 1 heterocycles. The van der Waals surface area contributed by atoms with E-state index in [9.17, 15) is 14.9 Å². The van der Waals surface area contributed by atoms with E-state index in [1.165, 1.54) is 0 Å². The number of rotatable bonds is 5. The zero-order valence-electron chi connectivity index (χ0n) is 15.1. The summed E-state index contributed by atoms with van der Waals surface area (Å²) in [5.74, 6) is -0.891. The van der Waals surface area contributed by atoms with Gasteiger partial charge in [-0.05, 0) is 51.2 Å². The van der Waals surface area contributed by atoms with Crippen LogP contribution in [0.4, 0.5) is 0 Å². The monoisotopic (exact) mass is 351 g/mol. The first kappa shape index (κ1) is 17.9. The predicted molar refractivity (Wildman–Crippen MR) is 96.4 cm³/mol. The van der Waals surface area contributed by atoms with Gasteiger partial charge < -0.3 is 10.1 Å². The summed E-state index contributed by atoms with van der Waals surface area (Å²) in [4.78, 5) is 29.1. The van der Waals surface area contributed by atoms with Crippen molar-refractivity contribution in [1.82, 2.24) is 10.3 Å². The van der Waals surface area contributed by atoms with E-state index in [2.05, 4.69) is 16.4 Å². The number of nitrogens with one attached hydrogen (secondary N) is 1. The number of benzene rings is 1. The summed E-state index contributed by atoms with van der Waals surface area (Å²) in [6, 6.07) is 9.71. The molecule has 1 aliphatic rings. The van der Waals surface area contributed by atoms with Gasteiger partial charge in [-0.3, -0.25) is 9.78 Å². The lowest BCUT2D eigenvalue weighted by Crippen LogP contribution is -2.48. The molecule has 0 aliphatic heterocycles. The number of fused-ring (bicyclic) bond motifs is 1. The molecule has 2 aromatic rings. The van der Waals surface area contributed by atoms with Gasteiger partial charge in [0.25, 0.3) is 5.91 Å². The third-order valence-electron chi connectivity index (χ3n) is 4.90. The lowest BCUT2D eigenvalue weighted by Gasteiger charge is -2.22. The molecule has 26 heavy (non-hydrogen) atoms. The number of hydrogen-bond acceptors (Lipinski definition) is 5. The molecule has 0 radical (unpaired) electrons. The summed E-state index contributed by atoms with van der Waals surface area (Å²) in [7, 11) is 0. The maximum atomic E-state index is 12.5. The lowest BCUT2D eigenvalue weighted by atomic mass is 9.98. The summed E-state index contributed by atoms with van der Waals surface area (Å²) in [6.45, 7) is 4.87. The fourth-order valence-corrected chi connectivity index (χ4v) is 3.24. The molecular weight excluding hydrogens is 330 g/mol. The van der Waals surface area contributed by atoms with Gasteiger partial charge in [0.05, 0.1) is 22.8 Å². The van der Waals surface area contributed by atoms with Crippen LogP contribution in [-0.2, 0) is 9.53 Å². The Labute approximate surface area is 152 Å². The third-order valence-corrected chi connectivity index (χ3v) is 4.90. The van der Waals surface area contributed by atoms with Crippen molar-refractivity contribution in [3.63, 3.8) is 0 Å². The Bertz CT molecular complexity index is 928. The largest absolute Gasteiger partial charge is 0.452 e. The minimum Gasteiger partial charge on any atom is -0.452 e. The van der Waals surface area contributed by atoms with Gasteiger partial charge in [0, 0.05) is 5.39 Å². The molecule has 0 saturated heterocycles. The summed E-state index contributed by atoms with van der Waals surface area (Å²) >= 11 is 0. The second-order valence-electron chi connectivity index (χ2n) is 6.93. The zero-order chi connectivity index (χ0) is 18.9. The van der Waals surface area contributed by atoms with Crippen LogP contribution < -0.4 is 5.32 Å². The van der Waals surface area contributed by atoms with Gasteiger partial charge in [-0.15, -0.1) is 0 Å². The van der Waals surface area contributed by atoms with Crippen molar-refractivity contribution in [2.75, 3.05) is 6.61 Å². The Morgan fingerprint density at radius 2 is 2.04 bits per heavy atom. The van der Waals surface area contributed by atoms with E-state index >= 15 is 0 Å². The van der Waals surface area contributed by atoms with Gasteiger partial charge in [-0.2, -0.15) is 5.26 Å². The van der Waals surface area contributed by atoms with E-state index < -0.39 is 24.0 Å². The predicted octanol–water partition coefficient (Wildman–Crippen LogP) is 2.82. The maximum absolute atomic E-state index is 12.5. The maximum Gasteiger partial charge on any atom is 0.340 e. The van der Waals surface area contributed by atoms with Gasteiger partial charge in [-0.1, -0.05) is 18.2 Å². The Kier molecular flexibility index (Phi) is 4.64. The molecule has 1 aliphatic carbocycles. The first-order chi connectivity index (χ1) is 12.4. The van der Waals surface area contributed by atoms with Crippen molar-refractivity contribution >= 4 is 22.8 Å². The molecule has 0 spiro atoms. The van der Waals surface area contributed by atoms with Gasteiger partial charge in [0.1, 0.15) is 5.54 Å². The quantitative estimate of drug-likeness (QED) is 0.836. The van der Waals surface area contributed by atoms with Gasteiger partial charge >= 0.3 is 5.97 Å². The molecule has 1 saturated carbocycles. The van der Waals surface area contributed by atoms with Crippen LogP contribution in [-0.4, -0.2) is 29.0 Å². The molecule has 1 fully saturated rings. The van der Waals surface area contributed by atoms with Crippen molar-refractivity contribution in [2.45, 2.75) is 39.2 Å². The minimum absolute atomic E-state index is 0.168. The Morgan fingerprint density at radius 1 is 1.35 bits per heavy atom. The number of esters is 1. The Hall–Kier alpha value is -2.94. The highest BCUT2D eigenvalue weighted by atomic mass is 16.5. The average molecular weight is 351 g/mol. The number of amides is 1. The smallest absolute Gasteiger partial charge is 0.340 e. The van der Waals surface area contributed by atoms with Crippen molar-refractivity contribution in [2.24, 2.45) is 5.92 Å². The summed E-state index contributed by atoms with van der Waals surface area (Å²) in [5, 5.41) is 12.8. The van der Waals surface area contributed by atoms with Crippen LogP contribution in [0.2, 0.25) is 0 Å². The van der Waals surface area contributed by atoms with Gasteiger partial charge in [0.15, 0.2) is 6.61 Å². The van der Waals surface area contributed by atoms with E-state index in [4.69, 9.17) is 4.74 Å². The fraction of sp³-hybridized carbons (Fsp3) is 0.400. The van der Waals surface area contributed by atoms with Crippen molar-refractivity contribution in [3.05, 3.63) is 41.1 Å². The molecule has 134 valence electrons. The molecule has 1 aromatic carbocycles. The summed E-state index contributed by atoms with van der Waals surface area (Å²) < 4.78 is 5.19. The van der Waals surface area contributed by atoms with Crippen LogP contribution in [0, 0.1) is 31.1 Å². The van der Waals surface area contributed by atoms with Crippen molar-refractivity contribution in [3.8, 4) is 6.07 Å². The van der Waals surface area contributed by atoms with Gasteiger partial charge in [-0.25, -0.2) is 4.79 Å².